The van der Waals surface area contributed by atoms with Crippen molar-refractivity contribution in [1.82, 2.24) is 9.71 Å². The van der Waals surface area contributed by atoms with Crippen LogP contribution in [0.3, 0.4) is 0 Å². The molecular weight excluding hydrogens is 236 g/mol. The van der Waals surface area contributed by atoms with Gasteiger partial charge in [-0.15, -0.1) is 0 Å². The second-order valence-electron chi connectivity index (χ2n) is 4.74. The Hall–Kier alpha value is -0.940. The third kappa shape index (κ3) is 4.83. The van der Waals surface area contributed by atoms with Crippen LogP contribution in [-0.4, -0.2) is 19.2 Å². The zero-order valence-electron chi connectivity index (χ0n) is 10.8. The van der Waals surface area contributed by atoms with Gasteiger partial charge in [-0.1, -0.05) is 19.9 Å². The fourth-order valence-electron chi connectivity index (χ4n) is 1.49. The molecule has 1 N–H and O–H groups in total. The molecule has 1 rings (SSSR count). The van der Waals surface area contributed by atoms with E-state index in [1.165, 1.54) is 0 Å². The first kappa shape index (κ1) is 14.1. The molecule has 96 valence electrons. The zero-order chi connectivity index (χ0) is 13.1. The summed E-state index contributed by atoms with van der Waals surface area (Å²) in [7, 11) is -3.18. The molecule has 17 heavy (non-hydrogen) atoms. The zero-order valence-corrected chi connectivity index (χ0v) is 11.6. The average molecular weight is 256 g/mol. The first-order valence-corrected chi connectivity index (χ1v) is 7.35. The molecule has 0 aliphatic rings. The van der Waals surface area contributed by atoms with Gasteiger partial charge in [0, 0.05) is 18.4 Å². The average Bonchev–Trinajstić information content (AvgIpc) is 2.18. The lowest BCUT2D eigenvalue weighted by Gasteiger charge is -2.09. The van der Waals surface area contributed by atoms with E-state index in [-0.39, 0.29) is 11.7 Å². The van der Waals surface area contributed by atoms with Gasteiger partial charge in [0.15, 0.2) is 0 Å². The highest BCUT2D eigenvalue weighted by Gasteiger charge is 2.12. The van der Waals surface area contributed by atoms with Crippen molar-refractivity contribution in [3.8, 4) is 0 Å². The lowest BCUT2D eigenvalue weighted by Crippen LogP contribution is -2.28. The molecule has 0 aliphatic carbocycles. The van der Waals surface area contributed by atoms with Gasteiger partial charge in [0.1, 0.15) is 0 Å². The molecule has 1 aromatic rings. The number of aromatic nitrogens is 1. The van der Waals surface area contributed by atoms with Gasteiger partial charge in [0.25, 0.3) is 0 Å². The Morgan fingerprint density at radius 1 is 1.35 bits per heavy atom. The molecule has 1 aromatic heterocycles. The molecule has 0 spiro atoms. The Kier molecular flexibility index (Phi) is 4.65. The van der Waals surface area contributed by atoms with Crippen molar-refractivity contribution in [3.63, 3.8) is 0 Å². The molecule has 0 saturated heterocycles. The lowest BCUT2D eigenvalue weighted by molar-refractivity contribution is 0.567. The Morgan fingerprint density at radius 2 is 2.00 bits per heavy atom. The summed E-state index contributed by atoms with van der Waals surface area (Å²) >= 11 is 0. The monoisotopic (exact) mass is 256 g/mol. The molecule has 0 amide bonds. The van der Waals surface area contributed by atoms with Crippen molar-refractivity contribution in [2.45, 2.75) is 34.2 Å². The van der Waals surface area contributed by atoms with Crippen LogP contribution in [0.4, 0.5) is 0 Å². The van der Waals surface area contributed by atoms with Crippen LogP contribution >= 0.6 is 0 Å². The third-order valence-electron chi connectivity index (χ3n) is 2.45. The molecule has 1 heterocycles. The van der Waals surface area contributed by atoms with E-state index in [0.29, 0.717) is 6.54 Å². The topological polar surface area (TPSA) is 59.1 Å². The number of nitrogens with one attached hydrogen (secondary N) is 1. The molecule has 0 fully saturated rings. The Balaban J connectivity index is 2.64. The summed E-state index contributed by atoms with van der Waals surface area (Å²) in [5.41, 5.74) is 2.93. The largest absolute Gasteiger partial charge is 0.261 e. The molecule has 5 heteroatoms. The first-order valence-electron chi connectivity index (χ1n) is 5.69. The first-order chi connectivity index (χ1) is 7.80. The number of nitrogens with zero attached hydrogens (tertiary/aromatic N) is 1. The van der Waals surface area contributed by atoms with E-state index in [0.717, 1.165) is 16.8 Å². The van der Waals surface area contributed by atoms with Gasteiger partial charge in [0.2, 0.25) is 10.0 Å². The Bertz CT molecular complexity index is 481. The van der Waals surface area contributed by atoms with Gasteiger partial charge < -0.3 is 0 Å². The fraction of sp³-hybridized carbons (Fsp3) is 0.583. The summed E-state index contributed by atoms with van der Waals surface area (Å²) in [6.07, 6.45) is 1.71. The third-order valence-corrected chi connectivity index (χ3v) is 4.14. The number of hydrogen-bond acceptors (Lipinski definition) is 3. The van der Waals surface area contributed by atoms with Crippen molar-refractivity contribution in [3.05, 3.63) is 29.1 Å². The van der Waals surface area contributed by atoms with Gasteiger partial charge in [-0.3, -0.25) is 4.98 Å². The molecular formula is C12H20N2O2S. The lowest BCUT2D eigenvalue weighted by atomic mass is 10.2. The van der Waals surface area contributed by atoms with Gasteiger partial charge >= 0.3 is 0 Å². The Labute approximate surface area is 104 Å². The van der Waals surface area contributed by atoms with E-state index in [1.807, 2.05) is 33.8 Å². The predicted molar refractivity (Wildman–Crippen MR) is 69.2 cm³/mol. The molecule has 0 saturated carbocycles. The summed E-state index contributed by atoms with van der Waals surface area (Å²) in [5.74, 6) is 0.288. The van der Waals surface area contributed by atoms with Crippen molar-refractivity contribution in [1.29, 1.82) is 0 Å². The van der Waals surface area contributed by atoms with Gasteiger partial charge in [-0.05, 0) is 30.9 Å². The van der Waals surface area contributed by atoms with Crippen molar-refractivity contribution in [2.75, 3.05) is 5.75 Å². The second kappa shape index (κ2) is 5.60. The molecule has 0 aliphatic heterocycles. The van der Waals surface area contributed by atoms with Crippen LogP contribution in [0.5, 0.6) is 0 Å². The van der Waals surface area contributed by atoms with Crippen LogP contribution < -0.4 is 4.72 Å². The quantitative estimate of drug-likeness (QED) is 0.873. The van der Waals surface area contributed by atoms with Crippen molar-refractivity contribution in [2.24, 2.45) is 5.92 Å². The summed E-state index contributed by atoms with van der Waals surface area (Å²) in [5, 5.41) is 0. The maximum Gasteiger partial charge on any atom is 0.212 e. The van der Waals surface area contributed by atoms with Gasteiger partial charge in [-0.2, -0.15) is 0 Å². The minimum absolute atomic E-state index is 0.130. The molecule has 0 atom stereocenters. The smallest absolute Gasteiger partial charge is 0.212 e. The van der Waals surface area contributed by atoms with E-state index in [2.05, 4.69) is 9.71 Å². The van der Waals surface area contributed by atoms with Crippen LogP contribution in [0, 0.1) is 19.8 Å². The molecule has 0 unspecified atom stereocenters. The number of pyridine rings is 1. The highest BCUT2D eigenvalue weighted by molar-refractivity contribution is 7.89. The summed E-state index contributed by atoms with van der Waals surface area (Å²) in [6, 6.07) is 1.96. The summed E-state index contributed by atoms with van der Waals surface area (Å²) in [6.45, 7) is 7.98. The molecule has 0 bridgehead atoms. The molecule has 0 radical (unpaired) electrons. The standard InChI is InChI=1S/C12H20N2O2S/c1-9(2)8-17(15,16)14-7-12-5-10(3)11(4)13-6-12/h5-6,9,14H,7-8H2,1-4H3. The minimum atomic E-state index is -3.18. The predicted octanol–water partition coefficient (Wildman–Crippen LogP) is 1.77. The van der Waals surface area contributed by atoms with Crippen molar-refractivity contribution >= 4 is 10.0 Å². The second-order valence-corrected chi connectivity index (χ2v) is 6.59. The minimum Gasteiger partial charge on any atom is -0.261 e. The van der Waals surface area contributed by atoms with Gasteiger partial charge in [-0.25, -0.2) is 13.1 Å². The van der Waals surface area contributed by atoms with Crippen LogP contribution in [0.15, 0.2) is 12.3 Å². The number of aryl methyl sites for hydroxylation is 2. The van der Waals surface area contributed by atoms with E-state index in [9.17, 15) is 8.42 Å². The fourth-order valence-corrected chi connectivity index (χ4v) is 2.87. The van der Waals surface area contributed by atoms with Crippen LogP contribution in [0.25, 0.3) is 0 Å². The van der Waals surface area contributed by atoms with E-state index in [4.69, 9.17) is 0 Å². The van der Waals surface area contributed by atoms with Crippen molar-refractivity contribution < 1.29 is 8.42 Å². The number of rotatable bonds is 5. The van der Waals surface area contributed by atoms with E-state index >= 15 is 0 Å². The maximum atomic E-state index is 11.6. The van der Waals surface area contributed by atoms with Crippen LogP contribution in [0.2, 0.25) is 0 Å². The van der Waals surface area contributed by atoms with E-state index in [1.54, 1.807) is 6.20 Å². The Morgan fingerprint density at radius 3 is 2.53 bits per heavy atom. The highest BCUT2D eigenvalue weighted by atomic mass is 32.2. The maximum absolute atomic E-state index is 11.6. The van der Waals surface area contributed by atoms with Gasteiger partial charge in [0.05, 0.1) is 5.75 Å². The SMILES string of the molecule is Cc1cc(CNS(=O)(=O)CC(C)C)cnc1C. The number of sulfonamides is 1. The molecule has 4 nitrogen and oxygen atoms in total. The summed E-state index contributed by atoms with van der Waals surface area (Å²) < 4.78 is 25.9. The summed E-state index contributed by atoms with van der Waals surface area (Å²) in [4.78, 5) is 4.21. The normalized spacial score (nSPS) is 12.1. The highest BCUT2D eigenvalue weighted by Crippen LogP contribution is 2.07. The van der Waals surface area contributed by atoms with E-state index < -0.39 is 10.0 Å². The molecule has 0 aromatic carbocycles. The van der Waals surface area contributed by atoms with Crippen LogP contribution in [0.1, 0.15) is 30.7 Å². The number of hydrogen-bond donors (Lipinski definition) is 1. The van der Waals surface area contributed by atoms with Crippen LogP contribution in [-0.2, 0) is 16.6 Å².